The molecule has 0 saturated carbocycles. The Morgan fingerprint density at radius 1 is 1.33 bits per heavy atom. The van der Waals surface area contributed by atoms with Crippen LogP contribution in [0.3, 0.4) is 0 Å². The number of carboxylic acid groups (broad SMARTS) is 1. The summed E-state index contributed by atoms with van der Waals surface area (Å²) < 4.78 is 10.6. The van der Waals surface area contributed by atoms with Crippen LogP contribution in [0.1, 0.15) is 18.9 Å². The lowest BCUT2D eigenvalue weighted by Gasteiger charge is -2.11. The largest absolute Gasteiger partial charge is 0.493 e. The minimum absolute atomic E-state index is 0.0783. The monoisotopic (exact) mass is 293 g/mol. The molecular formula is C15H19NO5. The summed E-state index contributed by atoms with van der Waals surface area (Å²) >= 11 is 0. The van der Waals surface area contributed by atoms with E-state index in [1.54, 1.807) is 12.1 Å². The van der Waals surface area contributed by atoms with Gasteiger partial charge in [0.05, 0.1) is 13.5 Å². The van der Waals surface area contributed by atoms with Crippen molar-refractivity contribution < 1.29 is 24.2 Å². The maximum absolute atomic E-state index is 11.5. The van der Waals surface area contributed by atoms with Gasteiger partial charge in [0.25, 0.3) is 5.91 Å². The van der Waals surface area contributed by atoms with Crippen molar-refractivity contribution in [1.82, 2.24) is 5.32 Å². The number of methoxy groups -OCH3 is 1. The van der Waals surface area contributed by atoms with Gasteiger partial charge in [0.1, 0.15) is 0 Å². The number of rotatable bonds is 8. The molecule has 0 bridgehead atoms. The number of carboxylic acids is 1. The molecule has 6 heteroatoms. The Labute approximate surface area is 123 Å². The van der Waals surface area contributed by atoms with Crippen LogP contribution >= 0.6 is 0 Å². The summed E-state index contributed by atoms with van der Waals surface area (Å²) in [6.45, 7) is 1.80. The number of carbonyl (C=O) groups excluding carboxylic acids is 1. The van der Waals surface area contributed by atoms with Gasteiger partial charge in [0.15, 0.2) is 18.1 Å². The first-order valence-electron chi connectivity index (χ1n) is 6.49. The van der Waals surface area contributed by atoms with Gasteiger partial charge in [0.2, 0.25) is 0 Å². The first-order chi connectivity index (χ1) is 10.1. The van der Waals surface area contributed by atoms with E-state index in [9.17, 15) is 9.59 Å². The lowest BCUT2D eigenvalue weighted by atomic mass is 10.2. The predicted molar refractivity (Wildman–Crippen MR) is 78.5 cm³/mol. The molecule has 1 aromatic rings. The van der Waals surface area contributed by atoms with Crippen molar-refractivity contribution in [2.45, 2.75) is 13.3 Å². The number of carbonyl (C=O) groups is 2. The van der Waals surface area contributed by atoms with E-state index >= 15 is 0 Å². The highest BCUT2D eigenvalue weighted by Gasteiger charge is 2.08. The van der Waals surface area contributed by atoms with Crippen molar-refractivity contribution in [2.75, 3.05) is 20.3 Å². The molecule has 2 N–H and O–H groups in total. The predicted octanol–water partition coefficient (Wildman–Crippen LogP) is 1.70. The van der Waals surface area contributed by atoms with Crippen LogP contribution in [0.5, 0.6) is 11.5 Å². The van der Waals surface area contributed by atoms with Gasteiger partial charge in [0, 0.05) is 6.54 Å². The number of hydrogen-bond donors (Lipinski definition) is 2. The summed E-state index contributed by atoms with van der Waals surface area (Å²) in [7, 11) is 1.52. The molecule has 6 nitrogen and oxygen atoms in total. The van der Waals surface area contributed by atoms with Gasteiger partial charge >= 0.3 is 5.97 Å². The van der Waals surface area contributed by atoms with Crippen LogP contribution < -0.4 is 14.8 Å². The molecule has 1 rings (SSSR count). The van der Waals surface area contributed by atoms with E-state index in [4.69, 9.17) is 14.6 Å². The van der Waals surface area contributed by atoms with Crippen LogP contribution in [0.4, 0.5) is 0 Å². The number of aliphatic carboxylic acids is 1. The van der Waals surface area contributed by atoms with E-state index in [1.165, 1.54) is 7.11 Å². The lowest BCUT2D eigenvalue weighted by molar-refractivity contribution is -0.137. The molecule has 0 saturated heterocycles. The molecule has 0 spiro atoms. The summed E-state index contributed by atoms with van der Waals surface area (Å²) in [5, 5.41) is 10.9. The maximum atomic E-state index is 11.5. The van der Waals surface area contributed by atoms with E-state index in [2.05, 4.69) is 5.32 Å². The molecule has 114 valence electrons. The third-order valence-corrected chi connectivity index (χ3v) is 2.57. The first kappa shape index (κ1) is 16.6. The average molecular weight is 293 g/mol. The summed E-state index contributed by atoms with van der Waals surface area (Å²) in [6, 6.07) is 5.37. The SMILES string of the molecule is C/C=C/c1ccc(OCC(=O)NCCC(=O)O)c(OC)c1. The van der Waals surface area contributed by atoms with Crippen molar-refractivity contribution in [1.29, 1.82) is 0 Å². The van der Waals surface area contributed by atoms with Gasteiger partial charge in [-0.25, -0.2) is 0 Å². The molecule has 0 fully saturated rings. The van der Waals surface area contributed by atoms with Crippen molar-refractivity contribution >= 4 is 18.0 Å². The molecule has 0 aliphatic carbocycles. The van der Waals surface area contributed by atoms with Crippen LogP contribution in [0.15, 0.2) is 24.3 Å². The Bertz CT molecular complexity index is 525. The van der Waals surface area contributed by atoms with Crippen molar-refractivity contribution in [3.63, 3.8) is 0 Å². The fourth-order valence-corrected chi connectivity index (χ4v) is 1.60. The molecule has 0 unspecified atom stereocenters. The zero-order valence-corrected chi connectivity index (χ0v) is 12.1. The first-order valence-corrected chi connectivity index (χ1v) is 6.49. The lowest BCUT2D eigenvalue weighted by Crippen LogP contribution is -2.30. The Morgan fingerprint density at radius 2 is 2.10 bits per heavy atom. The highest BCUT2D eigenvalue weighted by atomic mass is 16.5. The molecule has 0 heterocycles. The molecule has 1 amide bonds. The van der Waals surface area contributed by atoms with Crippen LogP contribution in [-0.2, 0) is 9.59 Å². The van der Waals surface area contributed by atoms with Gasteiger partial charge in [-0.15, -0.1) is 0 Å². The average Bonchev–Trinajstić information content (AvgIpc) is 2.45. The van der Waals surface area contributed by atoms with E-state index in [0.717, 1.165) is 5.56 Å². The van der Waals surface area contributed by atoms with Crippen molar-refractivity contribution in [3.8, 4) is 11.5 Å². The second kappa shape index (κ2) is 8.63. The standard InChI is InChI=1S/C15H19NO5/c1-3-4-11-5-6-12(13(9-11)20-2)21-10-14(17)16-8-7-15(18)19/h3-6,9H,7-8,10H2,1-2H3,(H,16,17)(H,18,19)/b4-3+. The minimum atomic E-state index is -0.961. The summed E-state index contributed by atoms with van der Waals surface area (Å²) in [4.78, 5) is 21.8. The fourth-order valence-electron chi connectivity index (χ4n) is 1.60. The summed E-state index contributed by atoms with van der Waals surface area (Å²) in [6.07, 6.45) is 3.71. The van der Waals surface area contributed by atoms with Gasteiger partial charge in [-0.2, -0.15) is 0 Å². The Morgan fingerprint density at radius 3 is 2.71 bits per heavy atom. The quantitative estimate of drug-likeness (QED) is 0.762. The number of benzene rings is 1. The Kier molecular flexibility index (Phi) is 6.80. The number of nitrogens with one attached hydrogen (secondary N) is 1. The molecular weight excluding hydrogens is 274 g/mol. The summed E-state index contributed by atoms with van der Waals surface area (Å²) in [5.41, 5.74) is 0.965. The van der Waals surface area contributed by atoms with E-state index in [1.807, 2.05) is 25.1 Å². The number of ether oxygens (including phenoxy) is 2. The molecule has 0 aliphatic rings. The third-order valence-electron chi connectivity index (χ3n) is 2.57. The number of hydrogen-bond acceptors (Lipinski definition) is 4. The molecule has 0 radical (unpaired) electrons. The molecule has 0 aliphatic heterocycles. The van der Waals surface area contributed by atoms with Crippen LogP contribution in [0.25, 0.3) is 6.08 Å². The Hall–Kier alpha value is -2.50. The number of allylic oxidation sites excluding steroid dienone is 1. The van der Waals surface area contributed by atoms with Crippen LogP contribution in [-0.4, -0.2) is 37.2 Å². The molecule has 21 heavy (non-hydrogen) atoms. The van der Waals surface area contributed by atoms with E-state index in [0.29, 0.717) is 11.5 Å². The summed E-state index contributed by atoms with van der Waals surface area (Å²) in [5.74, 6) is -0.351. The second-order valence-corrected chi connectivity index (χ2v) is 4.19. The minimum Gasteiger partial charge on any atom is -0.493 e. The van der Waals surface area contributed by atoms with Gasteiger partial charge < -0.3 is 19.9 Å². The van der Waals surface area contributed by atoms with Crippen molar-refractivity contribution in [3.05, 3.63) is 29.8 Å². The maximum Gasteiger partial charge on any atom is 0.305 e. The topological polar surface area (TPSA) is 84.9 Å². The molecule has 0 atom stereocenters. The van der Waals surface area contributed by atoms with E-state index < -0.39 is 5.97 Å². The van der Waals surface area contributed by atoms with Gasteiger partial charge in [-0.3, -0.25) is 9.59 Å². The second-order valence-electron chi connectivity index (χ2n) is 4.19. The molecule has 0 aromatic heterocycles. The fraction of sp³-hybridized carbons (Fsp3) is 0.333. The van der Waals surface area contributed by atoms with Gasteiger partial charge in [-0.1, -0.05) is 18.2 Å². The normalized spacial score (nSPS) is 10.4. The smallest absolute Gasteiger partial charge is 0.305 e. The van der Waals surface area contributed by atoms with Crippen LogP contribution in [0.2, 0.25) is 0 Å². The number of amides is 1. The highest BCUT2D eigenvalue weighted by Crippen LogP contribution is 2.28. The highest BCUT2D eigenvalue weighted by molar-refractivity contribution is 5.78. The van der Waals surface area contributed by atoms with Gasteiger partial charge in [-0.05, 0) is 24.6 Å². The molecule has 1 aromatic carbocycles. The van der Waals surface area contributed by atoms with Crippen LogP contribution in [0, 0.1) is 0 Å². The van der Waals surface area contributed by atoms with Crippen molar-refractivity contribution in [2.24, 2.45) is 0 Å². The third kappa shape index (κ3) is 5.99. The van der Waals surface area contributed by atoms with E-state index in [-0.39, 0.29) is 25.5 Å². The zero-order chi connectivity index (χ0) is 15.7. The Balaban J connectivity index is 2.54. The zero-order valence-electron chi connectivity index (χ0n) is 12.1.